The van der Waals surface area contributed by atoms with Gasteiger partial charge in [0.1, 0.15) is 12.5 Å². The smallest absolute Gasteiger partial charge is 0.172 e. The molecule has 0 fully saturated rings. The van der Waals surface area contributed by atoms with Crippen molar-refractivity contribution in [2.75, 3.05) is 0 Å². The summed E-state index contributed by atoms with van der Waals surface area (Å²) in [6.45, 7) is 0. The summed E-state index contributed by atoms with van der Waals surface area (Å²) in [6, 6.07) is 0. The van der Waals surface area contributed by atoms with Crippen LogP contribution in [0.4, 0.5) is 0 Å². The van der Waals surface area contributed by atoms with Crippen molar-refractivity contribution in [3.63, 3.8) is 0 Å². The number of aliphatic imine (C=N–C) groups is 1. The average molecular weight is 134 g/mol. The van der Waals surface area contributed by atoms with Crippen LogP contribution in [0.15, 0.2) is 41.8 Å². The van der Waals surface area contributed by atoms with Gasteiger partial charge in [-0.2, -0.15) is 0 Å². The van der Waals surface area contributed by atoms with Gasteiger partial charge in [-0.25, -0.2) is 4.99 Å². The third kappa shape index (κ3) is 0.719. The van der Waals surface area contributed by atoms with E-state index in [1.54, 1.807) is 18.7 Å². The lowest BCUT2D eigenvalue weighted by Crippen LogP contribution is -2.13. The molecule has 2 heterocycles. The first-order valence-corrected chi connectivity index (χ1v) is 2.98. The summed E-state index contributed by atoms with van der Waals surface area (Å²) in [5, 5.41) is 0. The normalized spacial score (nSPS) is 20.0. The molecule has 0 aromatic carbocycles. The molecule has 50 valence electrons. The Balaban J connectivity index is 2.33. The molecule has 2 rings (SSSR count). The quantitative estimate of drug-likeness (QED) is 0.497. The largest absolute Gasteiger partial charge is 0.467 e. The zero-order valence-electron chi connectivity index (χ0n) is 5.27. The fourth-order valence-electron chi connectivity index (χ4n) is 0.812. The molecule has 0 saturated heterocycles. The third-order valence-corrected chi connectivity index (χ3v) is 1.28. The van der Waals surface area contributed by atoms with Crippen molar-refractivity contribution in [2.24, 2.45) is 4.99 Å². The highest BCUT2D eigenvalue weighted by Gasteiger charge is 2.06. The van der Waals surface area contributed by atoms with Crippen LogP contribution in [-0.2, 0) is 4.74 Å². The highest BCUT2D eigenvalue weighted by atomic mass is 16.5. The summed E-state index contributed by atoms with van der Waals surface area (Å²) in [6.07, 6.45) is 10.5. The minimum atomic E-state index is 0.810. The lowest BCUT2D eigenvalue weighted by molar-refractivity contribution is 0.351. The Morgan fingerprint density at radius 2 is 2.40 bits per heavy atom. The number of fused-ring (bicyclic) bond motifs is 1. The van der Waals surface area contributed by atoms with E-state index in [2.05, 4.69) is 4.99 Å². The Morgan fingerprint density at radius 3 is 3.30 bits per heavy atom. The number of nitrogens with zero attached hydrogens (tertiary/aromatic N) is 2. The molecule has 0 N–H and O–H groups in total. The summed E-state index contributed by atoms with van der Waals surface area (Å²) in [5.74, 6) is 0.810. The first-order valence-electron chi connectivity index (χ1n) is 2.98. The van der Waals surface area contributed by atoms with E-state index in [1.807, 2.05) is 23.4 Å². The molecule has 10 heavy (non-hydrogen) atoms. The van der Waals surface area contributed by atoms with E-state index in [0.717, 1.165) is 5.82 Å². The molecule has 3 nitrogen and oxygen atoms in total. The molecule has 2 aliphatic rings. The van der Waals surface area contributed by atoms with E-state index < -0.39 is 0 Å². The van der Waals surface area contributed by atoms with Crippen molar-refractivity contribution >= 4 is 6.21 Å². The van der Waals surface area contributed by atoms with Gasteiger partial charge in [-0.05, 0) is 6.08 Å². The predicted molar refractivity (Wildman–Crippen MR) is 37.8 cm³/mol. The second-order valence-corrected chi connectivity index (χ2v) is 1.92. The van der Waals surface area contributed by atoms with Crippen LogP contribution in [0.2, 0.25) is 0 Å². The van der Waals surface area contributed by atoms with Crippen molar-refractivity contribution < 1.29 is 4.74 Å². The van der Waals surface area contributed by atoms with Gasteiger partial charge in [0.2, 0.25) is 0 Å². The molecule has 0 radical (unpaired) electrons. The molecule has 0 bridgehead atoms. The van der Waals surface area contributed by atoms with Crippen LogP contribution >= 0.6 is 0 Å². The molecule has 0 saturated carbocycles. The SMILES string of the molecule is C1=CN2C=COC=C2N=C1. The molecular weight excluding hydrogens is 128 g/mol. The maximum absolute atomic E-state index is 4.91. The Morgan fingerprint density at radius 1 is 1.40 bits per heavy atom. The van der Waals surface area contributed by atoms with Gasteiger partial charge >= 0.3 is 0 Å². The second-order valence-electron chi connectivity index (χ2n) is 1.92. The summed E-state index contributed by atoms with van der Waals surface area (Å²) < 4.78 is 4.91. The molecular formula is C7H6N2O. The minimum Gasteiger partial charge on any atom is -0.467 e. The molecule has 0 amide bonds. The molecule has 0 aromatic rings. The highest BCUT2D eigenvalue weighted by molar-refractivity contribution is 5.73. The van der Waals surface area contributed by atoms with Gasteiger partial charge in [0.15, 0.2) is 5.82 Å². The van der Waals surface area contributed by atoms with Crippen molar-refractivity contribution in [1.29, 1.82) is 0 Å². The lowest BCUT2D eigenvalue weighted by Gasteiger charge is -2.19. The Kier molecular flexibility index (Phi) is 1.07. The van der Waals surface area contributed by atoms with E-state index in [9.17, 15) is 0 Å². The molecule has 0 spiro atoms. The molecule has 2 aliphatic heterocycles. The van der Waals surface area contributed by atoms with Crippen molar-refractivity contribution in [3.05, 3.63) is 36.8 Å². The van der Waals surface area contributed by atoms with E-state index in [0.29, 0.717) is 0 Å². The van der Waals surface area contributed by atoms with Crippen LogP contribution in [0.5, 0.6) is 0 Å². The van der Waals surface area contributed by atoms with E-state index >= 15 is 0 Å². The van der Waals surface area contributed by atoms with E-state index in [-0.39, 0.29) is 0 Å². The van der Waals surface area contributed by atoms with Crippen LogP contribution in [0.25, 0.3) is 0 Å². The number of hydrogen-bond donors (Lipinski definition) is 0. The topological polar surface area (TPSA) is 24.8 Å². The van der Waals surface area contributed by atoms with Gasteiger partial charge < -0.3 is 9.64 Å². The summed E-state index contributed by atoms with van der Waals surface area (Å²) in [5.41, 5.74) is 0. The Labute approximate surface area is 58.6 Å². The second kappa shape index (κ2) is 2.02. The fraction of sp³-hybridized carbons (Fsp3) is 0. The Hall–Kier alpha value is -1.51. The summed E-state index contributed by atoms with van der Waals surface area (Å²) >= 11 is 0. The van der Waals surface area contributed by atoms with Gasteiger partial charge in [0.25, 0.3) is 0 Å². The van der Waals surface area contributed by atoms with Crippen LogP contribution in [0.3, 0.4) is 0 Å². The van der Waals surface area contributed by atoms with Crippen LogP contribution in [-0.4, -0.2) is 11.1 Å². The number of allylic oxidation sites excluding steroid dienone is 1. The van der Waals surface area contributed by atoms with E-state index in [4.69, 9.17) is 4.74 Å². The first kappa shape index (κ1) is 5.29. The number of rotatable bonds is 0. The Bertz CT molecular complexity index is 250. The molecule has 0 aliphatic carbocycles. The van der Waals surface area contributed by atoms with Gasteiger partial charge in [-0.3, -0.25) is 0 Å². The first-order chi connectivity index (χ1) is 4.97. The van der Waals surface area contributed by atoms with Gasteiger partial charge in [-0.1, -0.05) is 0 Å². The minimum absolute atomic E-state index is 0.810. The molecule has 3 heteroatoms. The van der Waals surface area contributed by atoms with E-state index in [1.165, 1.54) is 0 Å². The third-order valence-electron chi connectivity index (χ3n) is 1.28. The maximum atomic E-state index is 4.91. The number of hydrogen-bond acceptors (Lipinski definition) is 3. The predicted octanol–water partition coefficient (Wildman–Crippen LogP) is 1.19. The fourth-order valence-corrected chi connectivity index (χ4v) is 0.812. The zero-order valence-corrected chi connectivity index (χ0v) is 5.27. The van der Waals surface area contributed by atoms with Crippen LogP contribution in [0, 0.1) is 0 Å². The van der Waals surface area contributed by atoms with Gasteiger partial charge in [0, 0.05) is 18.6 Å². The van der Waals surface area contributed by atoms with Gasteiger partial charge in [0.05, 0.1) is 0 Å². The number of ether oxygens (including phenoxy) is 1. The summed E-state index contributed by atoms with van der Waals surface area (Å²) in [4.78, 5) is 5.93. The highest BCUT2D eigenvalue weighted by Crippen LogP contribution is 2.14. The van der Waals surface area contributed by atoms with Gasteiger partial charge in [-0.15, -0.1) is 0 Å². The lowest BCUT2D eigenvalue weighted by atomic mass is 10.5. The van der Waals surface area contributed by atoms with Crippen LogP contribution in [0.1, 0.15) is 0 Å². The monoisotopic (exact) mass is 134 g/mol. The van der Waals surface area contributed by atoms with Crippen molar-refractivity contribution in [3.8, 4) is 0 Å². The average Bonchev–Trinajstić information content (AvgIpc) is 2.05. The molecule has 0 atom stereocenters. The maximum Gasteiger partial charge on any atom is 0.172 e. The molecule has 0 unspecified atom stereocenters. The van der Waals surface area contributed by atoms with Crippen molar-refractivity contribution in [2.45, 2.75) is 0 Å². The van der Waals surface area contributed by atoms with Crippen molar-refractivity contribution in [1.82, 2.24) is 4.90 Å². The molecule has 0 aromatic heterocycles. The zero-order chi connectivity index (χ0) is 6.81. The van der Waals surface area contributed by atoms with Crippen LogP contribution < -0.4 is 0 Å². The summed E-state index contributed by atoms with van der Waals surface area (Å²) in [7, 11) is 0. The standard InChI is InChI=1S/C7H6N2O/c1-2-8-7-6-10-5-4-9(7)3-1/h1-6H.